The van der Waals surface area contributed by atoms with Gasteiger partial charge in [-0.3, -0.25) is 14.6 Å². The molecule has 2 aromatic carbocycles. The lowest BCUT2D eigenvalue weighted by molar-refractivity contribution is -0.164. The number of aromatic nitrogens is 3. The van der Waals surface area contributed by atoms with Crippen molar-refractivity contribution in [2.24, 2.45) is 5.73 Å². The number of esters is 1. The highest BCUT2D eigenvalue weighted by molar-refractivity contribution is 8.76. The Morgan fingerprint density at radius 3 is 2.43 bits per heavy atom. The second-order valence-electron chi connectivity index (χ2n) is 13.9. The van der Waals surface area contributed by atoms with Crippen LogP contribution < -0.4 is 20.5 Å². The van der Waals surface area contributed by atoms with E-state index in [0.29, 0.717) is 45.3 Å². The van der Waals surface area contributed by atoms with Crippen LogP contribution in [0.25, 0.3) is 11.0 Å². The molecule has 2 aliphatic heterocycles. The number of phenols is 1. The smallest absolute Gasteiger partial charge is 0.423 e. The molecule has 0 spiro atoms. The van der Waals surface area contributed by atoms with Crippen molar-refractivity contribution in [3.05, 3.63) is 71.0 Å². The predicted molar refractivity (Wildman–Crippen MR) is 222 cm³/mol. The minimum atomic E-state index is -1.78. The standard InChI is InChI=1S/C38H44N6O10S4/c1-20-18-40-26(21(2)30(20)52-6)19-58(50)36-41-25-17-24(51-5)11-12-27(25)43(36)37(49)54-14-16-56-55-15-13-53-35(48)31-38(3,4)57-34-29(33(47)44(31)34)42-32(46)28(39)22-7-9-23(45)10-8-22/h7-12,17-18,28-29,31,34,45H,13-16,19,39H2,1-6H3,(H,42,46)/t28?,29-,31?,34-,58?/m1/s1. The maximum atomic E-state index is 13.7. The summed E-state index contributed by atoms with van der Waals surface area (Å²) >= 11 is -0.376. The first-order valence-electron chi connectivity index (χ1n) is 18.0. The van der Waals surface area contributed by atoms with E-state index in [2.05, 4.69) is 15.3 Å². The zero-order valence-electron chi connectivity index (χ0n) is 32.6. The monoisotopic (exact) mass is 872 g/mol. The fourth-order valence-corrected chi connectivity index (χ4v) is 11.2. The van der Waals surface area contributed by atoms with Gasteiger partial charge in [-0.15, -0.1) is 11.8 Å². The molecule has 4 N–H and O–H groups in total. The summed E-state index contributed by atoms with van der Waals surface area (Å²) in [6, 6.07) is 8.19. The van der Waals surface area contributed by atoms with Crippen molar-refractivity contribution in [1.29, 1.82) is 0 Å². The van der Waals surface area contributed by atoms with E-state index in [1.807, 2.05) is 27.7 Å². The lowest BCUT2D eigenvalue weighted by Gasteiger charge is -2.44. The van der Waals surface area contributed by atoms with Crippen LogP contribution in [-0.2, 0) is 40.8 Å². The lowest BCUT2D eigenvalue weighted by atomic mass is 9.95. The number of aromatic hydroxyl groups is 1. The summed E-state index contributed by atoms with van der Waals surface area (Å²) in [5, 5.41) is 11.8. The molecule has 0 radical (unpaired) electrons. The highest BCUT2D eigenvalue weighted by Gasteiger charge is 2.64. The molecule has 58 heavy (non-hydrogen) atoms. The minimum Gasteiger partial charge on any atom is -0.609 e. The quantitative estimate of drug-likeness (QED) is 0.0471. The van der Waals surface area contributed by atoms with Crippen LogP contribution in [0.5, 0.6) is 17.2 Å². The number of fused-ring (bicyclic) bond motifs is 2. The van der Waals surface area contributed by atoms with Crippen LogP contribution in [0, 0.1) is 13.8 Å². The van der Waals surface area contributed by atoms with Crippen LogP contribution in [-0.4, -0.2) is 114 Å². The number of aryl methyl sites for hydroxylation is 1. The number of amides is 2. The van der Waals surface area contributed by atoms with Gasteiger partial charge < -0.3 is 44.6 Å². The van der Waals surface area contributed by atoms with Gasteiger partial charge >= 0.3 is 17.2 Å². The third kappa shape index (κ3) is 8.96. The van der Waals surface area contributed by atoms with E-state index in [-0.39, 0.29) is 29.9 Å². The van der Waals surface area contributed by atoms with Crippen LogP contribution in [0.2, 0.25) is 0 Å². The third-order valence-corrected chi connectivity index (χ3v) is 14.7. The van der Waals surface area contributed by atoms with E-state index < -0.39 is 63.3 Å². The Kier molecular flexibility index (Phi) is 13.6. The van der Waals surface area contributed by atoms with Crippen LogP contribution >= 0.6 is 33.3 Å². The second-order valence-corrected chi connectivity index (χ2v) is 19.7. The summed E-state index contributed by atoms with van der Waals surface area (Å²) in [6.07, 6.45) is 0.915. The number of imidazole rings is 1. The third-order valence-electron chi connectivity index (χ3n) is 9.62. The number of phenolic OH excluding ortho intramolecular Hbond substituents is 1. The number of nitrogens with zero attached hydrogens (tertiary/aromatic N) is 4. The highest BCUT2D eigenvalue weighted by Crippen LogP contribution is 2.51. The SMILES string of the molecule is COc1ccc2c(c1)nc([S+]([O-])Cc1ncc(C)c(OC)c1C)n2C(=O)OCCSSCCOC(=O)C1N2C(=O)[C@@H](NC(=O)C(N)c3ccc(O)cc3)[C@H]2SC1(C)C. The van der Waals surface area contributed by atoms with E-state index in [4.69, 9.17) is 24.7 Å². The number of carbonyl (C=O) groups excluding carboxylic acids is 4. The molecule has 2 saturated heterocycles. The van der Waals surface area contributed by atoms with Crippen molar-refractivity contribution < 1.29 is 47.8 Å². The zero-order chi connectivity index (χ0) is 41.9. The van der Waals surface area contributed by atoms with Crippen LogP contribution in [0.4, 0.5) is 4.79 Å². The topological polar surface area (TPSA) is 220 Å². The number of rotatable bonds is 16. The Morgan fingerprint density at radius 1 is 1.07 bits per heavy atom. The number of carbonyl (C=O) groups is 4. The molecule has 16 nitrogen and oxygen atoms in total. The van der Waals surface area contributed by atoms with Crippen molar-refractivity contribution in [2.45, 2.75) is 66.9 Å². The summed E-state index contributed by atoms with van der Waals surface area (Å²) in [5.41, 5.74) is 9.55. The first kappa shape index (κ1) is 43.2. The van der Waals surface area contributed by atoms with Crippen LogP contribution in [0.15, 0.2) is 53.8 Å². The molecule has 20 heteroatoms. The Bertz CT molecular complexity index is 2190. The molecule has 4 aromatic rings. The number of thioether (sulfide) groups is 1. The highest BCUT2D eigenvalue weighted by atomic mass is 33.1. The van der Waals surface area contributed by atoms with Gasteiger partial charge in [-0.05, 0) is 57.5 Å². The number of benzene rings is 2. The van der Waals surface area contributed by atoms with Crippen LogP contribution in [0.3, 0.4) is 0 Å². The fraction of sp³-hybridized carbons (Fsp3) is 0.421. The van der Waals surface area contributed by atoms with E-state index >= 15 is 0 Å². The van der Waals surface area contributed by atoms with Crippen molar-refractivity contribution >= 4 is 79.4 Å². The number of hydrogen-bond acceptors (Lipinski definition) is 16. The number of ether oxygens (including phenoxy) is 4. The zero-order valence-corrected chi connectivity index (χ0v) is 35.9. The maximum absolute atomic E-state index is 13.7. The molecule has 310 valence electrons. The molecule has 2 fully saturated rings. The fourth-order valence-electron chi connectivity index (χ4n) is 6.70. The van der Waals surface area contributed by atoms with E-state index in [0.717, 1.165) is 11.1 Å². The molecular formula is C38H44N6O10S4. The summed E-state index contributed by atoms with van der Waals surface area (Å²) in [7, 11) is 5.92. The molecule has 2 aliphatic rings. The van der Waals surface area contributed by atoms with E-state index in [1.54, 1.807) is 31.5 Å². The largest absolute Gasteiger partial charge is 0.609 e. The van der Waals surface area contributed by atoms with Gasteiger partial charge in [0.15, 0.2) is 5.75 Å². The van der Waals surface area contributed by atoms with Crippen LogP contribution in [0.1, 0.15) is 42.3 Å². The molecule has 6 rings (SSSR count). The van der Waals surface area contributed by atoms with E-state index in [1.165, 1.54) is 74.2 Å². The first-order valence-corrected chi connectivity index (χ1v) is 22.7. The molecule has 3 unspecified atom stereocenters. The number of nitrogens with one attached hydrogen (secondary N) is 1. The Balaban J connectivity index is 0.967. The molecule has 2 amide bonds. The van der Waals surface area contributed by atoms with Gasteiger partial charge in [-0.25, -0.2) is 9.59 Å². The molecule has 0 bridgehead atoms. The Morgan fingerprint density at radius 2 is 1.76 bits per heavy atom. The lowest BCUT2D eigenvalue weighted by Crippen LogP contribution is -2.71. The number of nitrogens with two attached hydrogens (primary N) is 1. The summed E-state index contributed by atoms with van der Waals surface area (Å²) in [4.78, 5) is 63.2. The number of hydrogen-bond donors (Lipinski definition) is 3. The summed E-state index contributed by atoms with van der Waals surface area (Å²) in [6.45, 7) is 7.54. The van der Waals surface area contributed by atoms with Gasteiger partial charge in [0, 0.05) is 50.8 Å². The Labute approximate surface area is 350 Å². The number of methoxy groups -OCH3 is 2. The van der Waals surface area contributed by atoms with Gasteiger partial charge in [0.25, 0.3) is 0 Å². The maximum Gasteiger partial charge on any atom is 0.423 e. The van der Waals surface area contributed by atoms with Gasteiger partial charge in [0.05, 0.1) is 30.9 Å². The molecule has 0 aliphatic carbocycles. The average molecular weight is 873 g/mol. The second kappa shape index (κ2) is 18.3. The number of pyridine rings is 1. The minimum absolute atomic E-state index is 0.00377. The average Bonchev–Trinajstić information content (AvgIpc) is 3.71. The van der Waals surface area contributed by atoms with Crippen molar-refractivity contribution in [3.63, 3.8) is 0 Å². The van der Waals surface area contributed by atoms with Gasteiger partial charge in [0.2, 0.25) is 11.8 Å². The molecular weight excluding hydrogens is 829 g/mol. The molecule has 5 atom stereocenters. The molecule has 4 heterocycles. The number of β-lactam (4-membered cyclic amide) rings is 1. The Hall–Kier alpha value is -4.34. The first-order chi connectivity index (χ1) is 27.7. The van der Waals surface area contributed by atoms with Gasteiger partial charge in [0.1, 0.15) is 54.0 Å². The normalized spacial score (nSPS) is 19.2. The summed E-state index contributed by atoms with van der Waals surface area (Å²) < 4.78 is 36.3. The molecule has 0 saturated carbocycles. The summed E-state index contributed by atoms with van der Waals surface area (Å²) in [5.74, 6) is 0.586. The van der Waals surface area contributed by atoms with Crippen molar-refractivity contribution in [2.75, 3.05) is 38.9 Å². The van der Waals surface area contributed by atoms with Gasteiger partial charge in [-0.1, -0.05) is 33.7 Å². The predicted octanol–water partition coefficient (Wildman–Crippen LogP) is 4.24. The molecule has 2 aromatic heterocycles. The van der Waals surface area contributed by atoms with Gasteiger partial charge in [-0.2, -0.15) is 9.55 Å². The van der Waals surface area contributed by atoms with E-state index in [9.17, 15) is 28.8 Å². The van der Waals surface area contributed by atoms with Crippen molar-refractivity contribution in [3.8, 4) is 17.2 Å². The van der Waals surface area contributed by atoms with Crippen molar-refractivity contribution in [1.82, 2.24) is 24.8 Å².